The monoisotopic (exact) mass is 429 g/mol. The summed E-state index contributed by atoms with van der Waals surface area (Å²) in [7, 11) is 3.88. The van der Waals surface area contributed by atoms with Crippen LogP contribution < -0.4 is 0 Å². The fraction of sp³-hybridized carbons (Fsp3) is 0.304. The zero-order valence-corrected chi connectivity index (χ0v) is 17.9. The molecular weight excluding hydrogens is 405 g/mol. The van der Waals surface area contributed by atoms with Gasteiger partial charge < -0.3 is 14.2 Å². The third-order valence-corrected chi connectivity index (χ3v) is 5.06. The topological polar surface area (TPSA) is 49.6 Å². The number of amides is 1. The first-order chi connectivity index (χ1) is 14.4. The molecule has 0 aliphatic heterocycles. The minimum absolute atomic E-state index is 0.0717. The molecule has 5 nitrogen and oxygen atoms in total. The smallest absolute Gasteiger partial charge is 0.223 e. The summed E-state index contributed by atoms with van der Waals surface area (Å²) >= 11 is 6.20. The van der Waals surface area contributed by atoms with Gasteiger partial charge in [0.2, 0.25) is 5.91 Å². The summed E-state index contributed by atoms with van der Waals surface area (Å²) in [6.45, 7) is 1.43. The normalized spacial score (nSPS) is 11.1. The van der Waals surface area contributed by atoms with E-state index in [2.05, 4.69) is 4.98 Å². The Bertz CT molecular complexity index is 990. The van der Waals surface area contributed by atoms with Gasteiger partial charge >= 0.3 is 0 Å². The van der Waals surface area contributed by atoms with E-state index in [4.69, 9.17) is 16.0 Å². The van der Waals surface area contributed by atoms with Gasteiger partial charge in [-0.15, -0.1) is 0 Å². The van der Waals surface area contributed by atoms with E-state index in [1.807, 2.05) is 37.2 Å². The van der Waals surface area contributed by atoms with Crippen LogP contribution in [-0.2, 0) is 17.8 Å². The molecule has 0 unspecified atom stereocenters. The number of aromatic nitrogens is 1. The van der Waals surface area contributed by atoms with Crippen LogP contribution in [-0.4, -0.2) is 47.9 Å². The maximum atomic E-state index is 14.1. The van der Waals surface area contributed by atoms with Crippen molar-refractivity contribution in [1.29, 1.82) is 0 Å². The van der Waals surface area contributed by atoms with Crippen molar-refractivity contribution in [3.63, 3.8) is 0 Å². The van der Waals surface area contributed by atoms with E-state index < -0.39 is 0 Å². The summed E-state index contributed by atoms with van der Waals surface area (Å²) in [5, 5.41) is 0.580. The lowest BCUT2D eigenvalue weighted by molar-refractivity contribution is -0.132. The summed E-state index contributed by atoms with van der Waals surface area (Å²) in [6.07, 6.45) is 2.20. The number of carbonyl (C=O) groups is 1. The molecule has 30 heavy (non-hydrogen) atoms. The van der Waals surface area contributed by atoms with Crippen molar-refractivity contribution in [2.45, 2.75) is 19.4 Å². The molecule has 3 rings (SSSR count). The third-order valence-electron chi connectivity index (χ3n) is 4.73. The van der Waals surface area contributed by atoms with E-state index in [1.54, 1.807) is 35.4 Å². The minimum Gasteiger partial charge on any atom is -0.441 e. The first-order valence-electron chi connectivity index (χ1n) is 9.79. The fourth-order valence-corrected chi connectivity index (χ4v) is 3.26. The van der Waals surface area contributed by atoms with Crippen molar-refractivity contribution in [2.75, 3.05) is 27.2 Å². The zero-order valence-electron chi connectivity index (χ0n) is 17.1. The number of oxazole rings is 1. The summed E-state index contributed by atoms with van der Waals surface area (Å²) < 4.78 is 19.9. The Labute approximate surface area is 181 Å². The van der Waals surface area contributed by atoms with Gasteiger partial charge in [-0.05, 0) is 32.3 Å². The molecule has 0 aliphatic carbocycles. The number of rotatable bonds is 9. The van der Waals surface area contributed by atoms with Gasteiger partial charge in [-0.1, -0.05) is 41.9 Å². The lowest BCUT2D eigenvalue weighted by Crippen LogP contribution is -2.36. The van der Waals surface area contributed by atoms with Crippen LogP contribution >= 0.6 is 11.6 Å². The summed E-state index contributed by atoms with van der Waals surface area (Å²) in [5.41, 5.74) is 1.26. The first-order valence-corrected chi connectivity index (χ1v) is 10.2. The molecular formula is C23H25ClFN3O2. The highest BCUT2D eigenvalue weighted by molar-refractivity contribution is 6.33. The van der Waals surface area contributed by atoms with E-state index in [0.29, 0.717) is 41.7 Å². The number of nitrogens with zero attached hydrogens (tertiary/aromatic N) is 3. The average Bonchev–Trinajstić information content (AvgIpc) is 3.19. The van der Waals surface area contributed by atoms with Crippen LogP contribution in [0.15, 0.2) is 59.1 Å². The van der Waals surface area contributed by atoms with Crippen molar-refractivity contribution in [1.82, 2.24) is 14.8 Å². The summed E-state index contributed by atoms with van der Waals surface area (Å²) in [4.78, 5) is 20.8. The molecule has 3 aromatic rings. The molecule has 0 fully saturated rings. The van der Waals surface area contributed by atoms with E-state index in [1.165, 1.54) is 6.07 Å². The molecule has 158 valence electrons. The second-order valence-electron chi connectivity index (χ2n) is 7.31. The Morgan fingerprint density at radius 3 is 2.57 bits per heavy atom. The molecule has 1 aromatic heterocycles. The van der Waals surface area contributed by atoms with Gasteiger partial charge in [0.05, 0.1) is 11.2 Å². The van der Waals surface area contributed by atoms with Crippen molar-refractivity contribution in [3.8, 4) is 11.3 Å². The maximum absolute atomic E-state index is 14.1. The Hall–Kier alpha value is -2.70. The number of carbonyl (C=O) groups excluding carboxylic acids is 1. The van der Waals surface area contributed by atoms with Gasteiger partial charge in [-0.3, -0.25) is 4.79 Å². The Morgan fingerprint density at radius 1 is 1.10 bits per heavy atom. The largest absolute Gasteiger partial charge is 0.441 e. The van der Waals surface area contributed by atoms with Gasteiger partial charge in [0, 0.05) is 43.6 Å². The van der Waals surface area contributed by atoms with E-state index >= 15 is 0 Å². The van der Waals surface area contributed by atoms with E-state index in [9.17, 15) is 9.18 Å². The molecule has 0 saturated heterocycles. The first kappa shape index (κ1) is 22.0. The standard InChI is InChI=1S/C23H25ClFN3O2/c1-27(2)13-14-28(16-17-7-3-6-10-20(17)25)23(29)12-11-22-26-15-21(30-22)18-8-4-5-9-19(18)24/h3-10,15H,11-14,16H2,1-2H3. The summed E-state index contributed by atoms with van der Waals surface area (Å²) in [6, 6.07) is 13.9. The number of hydrogen-bond donors (Lipinski definition) is 0. The molecule has 1 amide bonds. The van der Waals surface area contributed by atoms with Crippen LogP contribution in [0.25, 0.3) is 11.3 Å². The van der Waals surface area contributed by atoms with E-state index in [-0.39, 0.29) is 24.7 Å². The van der Waals surface area contributed by atoms with Crippen molar-refractivity contribution in [2.24, 2.45) is 0 Å². The number of hydrogen-bond acceptors (Lipinski definition) is 4. The van der Waals surface area contributed by atoms with E-state index in [0.717, 1.165) is 5.56 Å². The maximum Gasteiger partial charge on any atom is 0.223 e. The third kappa shape index (κ3) is 5.90. The second kappa shape index (κ2) is 10.4. The van der Waals surface area contributed by atoms with Crippen LogP contribution in [0, 0.1) is 5.82 Å². The highest BCUT2D eigenvalue weighted by Crippen LogP contribution is 2.28. The van der Waals surface area contributed by atoms with Gasteiger partial charge in [0.1, 0.15) is 5.82 Å². The molecule has 0 radical (unpaired) electrons. The van der Waals surface area contributed by atoms with Crippen LogP contribution in [0.4, 0.5) is 4.39 Å². The van der Waals surface area contributed by atoms with Gasteiger partial charge in [0.25, 0.3) is 0 Å². The molecule has 0 N–H and O–H groups in total. The number of halogens is 2. The molecule has 0 saturated carbocycles. The van der Waals surface area contributed by atoms with Crippen LogP contribution in [0.5, 0.6) is 0 Å². The molecule has 0 aliphatic rings. The molecule has 0 bridgehead atoms. The molecule has 0 atom stereocenters. The highest BCUT2D eigenvalue weighted by atomic mass is 35.5. The number of aryl methyl sites for hydroxylation is 1. The molecule has 0 spiro atoms. The minimum atomic E-state index is -0.308. The molecule has 1 heterocycles. The van der Waals surface area contributed by atoms with Crippen LogP contribution in [0.3, 0.4) is 0 Å². The lowest BCUT2D eigenvalue weighted by Gasteiger charge is -2.24. The Morgan fingerprint density at radius 2 is 1.83 bits per heavy atom. The molecule has 7 heteroatoms. The fourth-order valence-electron chi connectivity index (χ4n) is 3.03. The quantitative estimate of drug-likeness (QED) is 0.496. The Balaban J connectivity index is 1.65. The van der Waals surface area contributed by atoms with Crippen molar-refractivity contribution in [3.05, 3.63) is 77.0 Å². The van der Waals surface area contributed by atoms with Crippen LogP contribution in [0.1, 0.15) is 17.9 Å². The average molecular weight is 430 g/mol. The number of benzene rings is 2. The predicted octanol–water partition coefficient (Wildman–Crippen LogP) is 4.66. The van der Waals surface area contributed by atoms with Crippen LogP contribution in [0.2, 0.25) is 5.02 Å². The molecule has 2 aromatic carbocycles. The van der Waals surface area contributed by atoms with Gasteiger partial charge in [-0.25, -0.2) is 9.37 Å². The highest BCUT2D eigenvalue weighted by Gasteiger charge is 2.18. The van der Waals surface area contributed by atoms with Gasteiger partial charge in [-0.2, -0.15) is 0 Å². The SMILES string of the molecule is CN(C)CCN(Cc1ccccc1F)C(=O)CCc1ncc(-c2ccccc2Cl)o1. The van der Waals surface area contributed by atoms with Crippen molar-refractivity contribution >= 4 is 17.5 Å². The predicted molar refractivity (Wildman–Crippen MR) is 116 cm³/mol. The lowest BCUT2D eigenvalue weighted by atomic mass is 10.2. The zero-order chi connectivity index (χ0) is 21.5. The summed E-state index contributed by atoms with van der Waals surface area (Å²) in [5.74, 6) is 0.658. The van der Waals surface area contributed by atoms with Gasteiger partial charge in [0.15, 0.2) is 11.7 Å². The van der Waals surface area contributed by atoms with Crippen molar-refractivity contribution < 1.29 is 13.6 Å². The Kier molecular flexibility index (Phi) is 7.60. The number of likely N-dealkylation sites (N-methyl/N-ethyl adjacent to an activating group) is 1. The second-order valence-corrected chi connectivity index (χ2v) is 7.72.